The van der Waals surface area contributed by atoms with Gasteiger partial charge in [0, 0.05) is 0 Å². The van der Waals surface area contributed by atoms with Crippen LogP contribution < -0.4 is 24.8 Å². The van der Waals surface area contributed by atoms with Gasteiger partial charge in [-0.25, -0.2) is 11.6 Å². The van der Waals surface area contributed by atoms with Crippen molar-refractivity contribution in [2.45, 2.75) is 41.0 Å². The molecule has 0 amide bonds. The molecule has 98 valence electrons. The minimum absolute atomic E-state index is 0. The van der Waals surface area contributed by atoms with Crippen LogP contribution in [0.2, 0.25) is 0 Å². The molecule has 0 fully saturated rings. The number of allylic oxidation sites excluding steroid dienone is 4. The summed E-state index contributed by atoms with van der Waals surface area (Å²) in [5, 5.41) is 0. The van der Waals surface area contributed by atoms with Crippen molar-refractivity contribution in [3.8, 4) is 0 Å². The predicted octanol–water partition coefficient (Wildman–Crippen LogP) is -1.66. The summed E-state index contributed by atoms with van der Waals surface area (Å²) in [6.45, 7) is 10.7. The summed E-state index contributed by atoms with van der Waals surface area (Å²) in [6.07, 6.45) is 8.33. The van der Waals surface area contributed by atoms with Crippen LogP contribution in [-0.4, -0.2) is 0 Å². The molecule has 0 saturated carbocycles. The zero-order valence-corrected chi connectivity index (χ0v) is 15.7. The van der Waals surface area contributed by atoms with E-state index in [1.54, 1.807) is 0 Å². The largest absolute Gasteiger partial charge is 4.00 e. The van der Waals surface area contributed by atoms with Gasteiger partial charge in [-0.3, -0.25) is 6.08 Å². The van der Waals surface area contributed by atoms with Gasteiger partial charge in [0.25, 0.3) is 0 Å². The van der Waals surface area contributed by atoms with E-state index in [1.807, 2.05) is 0 Å². The van der Waals surface area contributed by atoms with Crippen LogP contribution in [-0.2, 0) is 26.2 Å². The molecule has 0 aliphatic heterocycles. The van der Waals surface area contributed by atoms with Gasteiger partial charge in [0.15, 0.2) is 0 Å². The number of aryl methyl sites for hydroxylation is 2. The molecule has 1 aromatic carbocycles. The molecule has 0 nitrogen and oxygen atoms in total. The second kappa shape index (κ2) is 11.1. The molecule has 0 atom stereocenters. The fourth-order valence-electron chi connectivity index (χ4n) is 1.65. The first kappa shape index (κ1) is 23.4. The third kappa shape index (κ3) is 7.02. The summed E-state index contributed by atoms with van der Waals surface area (Å²) in [7, 11) is 0. The molecule has 0 unspecified atom stereocenters. The molecule has 0 N–H and O–H groups in total. The smallest absolute Gasteiger partial charge is 1.00 e. The molecule has 0 heterocycles. The van der Waals surface area contributed by atoms with Crippen molar-refractivity contribution >= 4 is 0 Å². The van der Waals surface area contributed by atoms with Gasteiger partial charge >= 0.3 is 26.2 Å². The first-order valence-electron chi connectivity index (χ1n) is 5.46. The zero-order valence-electron chi connectivity index (χ0n) is 11.7. The van der Waals surface area contributed by atoms with Crippen molar-refractivity contribution in [1.29, 1.82) is 0 Å². The van der Waals surface area contributed by atoms with Crippen molar-refractivity contribution < 1.29 is 51.0 Å². The molecule has 0 spiro atoms. The van der Waals surface area contributed by atoms with Crippen molar-refractivity contribution in [3.05, 3.63) is 52.1 Å². The van der Waals surface area contributed by atoms with Gasteiger partial charge in [-0.1, -0.05) is 34.6 Å². The van der Waals surface area contributed by atoms with Crippen LogP contribution in [0.4, 0.5) is 0 Å². The van der Waals surface area contributed by atoms with Crippen LogP contribution in [0.15, 0.2) is 23.8 Å². The Bertz CT molecular complexity index is 376. The molecule has 0 bridgehead atoms. The average molecular weight is 362 g/mol. The maximum Gasteiger partial charge on any atom is 4.00 e. The Morgan fingerprint density at radius 2 is 1.39 bits per heavy atom. The number of hydrogen-bond acceptors (Lipinski definition) is 0. The minimum Gasteiger partial charge on any atom is -1.00 e. The van der Waals surface area contributed by atoms with Gasteiger partial charge in [-0.15, -0.1) is 6.42 Å². The van der Waals surface area contributed by atoms with Gasteiger partial charge in [-0.2, -0.15) is 34.4 Å². The van der Waals surface area contributed by atoms with Gasteiger partial charge in [0.2, 0.25) is 0 Å². The molecular formula is C15H20Cl2Zr. The van der Waals surface area contributed by atoms with Crippen molar-refractivity contribution in [3.63, 3.8) is 0 Å². The fourth-order valence-corrected chi connectivity index (χ4v) is 1.65. The van der Waals surface area contributed by atoms with Crippen LogP contribution >= 0.6 is 0 Å². The Hall–Kier alpha value is 0.293. The molecule has 18 heavy (non-hydrogen) atoms. The third-order valence-corrected chi connectivity index (χ3v) is 3.05. The molecule has 0 radical (unpaired) electrons. The third-order valence-electron chi connectivity index (χ3n) is 3.05. The van der Waals surface area contributed by atoms with Crippen LogP contribution in [0.25, 0.3) is 0 Å². The zero-order chi connectivity index (χ0) is 11.4. The van der Waals surface area contributed by atoms with E-state index in [0.29, 0.717) is 0 Å². The van der Waals surface area contributed by atoms with Crippen LogP contribution in [0.3, 0.4) is 0 Å². The van der Waals surface area contributed by atoms with Crippen molar-refractivity contribution in [2.75, 3.05) is 0 Å². The summed E-state index contributed by atoms with van der Waals surface area (Å²) >= 11 is 0. The Kier molecular flexibility index (Phi) is 14.5. The summed E-state index contributed by atoms with van der Waals surface area (Å²) in [6, 6.07) is 2.24. The number of rotatable bonds is 0. The summed E-state index contributed by atoms with van der Waals surface area (Å²) in [5.74, 6) is 0. The molecular weight excluding hydrogens is 342 g/mol. The molecule has 1 aliphatic rings. The van der Waals surface area contributed by atoms with E-state index >= 15 is 0 Å². The van der Waals surface area contributed by atoms with E-state index in [-0.39, 0.29) is 51.0 Å². The molecule has 1 aromatic rings. The van der Waals surface area contributed by atoms with Crippen LogP contribution in [0, 0.1) is 33.8 Å². The predicted molar refractivity (Wildman–Crippen MR) is 67.2 cm³/mol. The van der Waals surface area contributed by atoms with E-state index in [4.69, 9.17) is 0 Å². The van der Waals surface area contributed by atoms with E-state index in [0.717, 1.165) is 6.42 Å². The normalized spacial score (nSPS) is 11.3. The molecule has 3 heteroatoms. The van der Waals surface area contributed by atoms with Crippen LogP contribution in [0.1, 0.15) is 35.6 Å². The molecule has 0 aromatic heterocycles. The standard InChI is InChI=1S/C9H13.C6H7.2ClH.Zr/c1-6-5-7(2)9(4)8(6)3;1-6-4-2-3-5-6;;;/h5H,1-4H3;2,4H,3H2,1H3;2*1H;/q2*-1;;;+4/p-2. The summed E-state index contributed by atoms with van der Waals surface area (Å²) < 4.78 is 0. The Morgan fingerprint density at radius 1 is 0.944 bits per heavy atom. The van der Waals surface area contributed by atoms with Crippen molar-refractivity contribution in [1.82, 2.24) is 0 Å². The van der Waals surface area contributed by atoms with E-state index in [9.17, 15) is 0 Å². The Balaban J connectivity index is -0.000000225. The molecule has 2 rings (SSSR count). The monoisotopic (exact) mass is 360 g/mol. The first-order chi connectivity index (χ1) is 7.02. The van der Waals surface area contributed by atoms with Crippen molar-refractivity contribution in [2.24, 2.45) is 0 Å². The van der Waals surface area contributed by atoms with Crippen LogP contribution in [0.5, 0.6) is 0 Å². The minimum atomic E-state index is 0. The average Bonchev–Trinajstić information content (AvgIpc) is 2.73. The molecule has 1 aliphatic carbocycles. The van der Waals surface area contributed by atoms with Gasteiger partial charge in [0.05, 0.1) is 0 Å². The quantitative estimate of drug-likeness (QED) is 0.485. The maximum absolute atomic E-state index is 3.12. The summed E-state index contributed by atoms with van der Waals surface area (Å²) in [4.78, 5) is 0. The van der Waals surface area contributed by atoms with Gasteiger partial charge < -0.3 is 24.8 Å². The van der Waals surface area contributed by atoms with E-state index in [2.05, 4.69) is 58.9 Å². The van der Waals surface area contributed by atoms with E-state index < -0.39 is 0 Å². The maximum atomic E-state index is 3.12. The van der Waals surface area contributed by atoms with E-state index in [1.165, 1.54) is 27.8 Å². The number of hydrogen-bond donors (Lipinski definition) is 0. The second-order valence-corrected chi connectivity index (χ2v) is 4.23. The topological polar surface area (TPSA) is 0 Å². The first-order valence-corrected chi connectivity index (χ1v) is 5.46. The second-order valence-electron chi connectivity index (χ2n) is 4.23. The van der Waals surface area contributed by atoms with Gasteiger partial charge in [0.1, 0.15) is 0 Å². The number of halogens is 2. The fraction of sp³-hybridized carbons (Fsp3) is 0.400. The molecule has 0 saturated heterocycles. The SMILES string of the molecule is CC1=[C-]CC=C1.Cc1[cH-]c(C)c(C)c1C.[Cl-].[Cl-].[Zr+4]. The van der Waals surface area contributed by atoms with Gasteiger partial charge in [-0.05, 0) is 0 Å². The Labute approximate surface area is 143 Å². The summed E-state index contributed by atoms with van der Waals surface area (Å²) in [5.41, 5.74) is 7.02. The Morgan fingerprint density at radius 3 is 1.50 bits per heavy atom.